The molecule has 5 heterocycles. The van der Waals surface area contributed by atoms with Gasteiger partial charge < -0.3 is 9.84 Å². The molecule has 9 rings (SSSR count). The average Bonchev–Trinajstić information content (AvgIpc) is 3.86. The second-order valence-electron chi connectivity index (χ2n) is 11.8. The van der Waals surface area contributed by atoms with Gasteiger partial charge in [0.1, 0.15) is 12.4 Å². The number of rotatable bonds is 3. The van der Waals surface area contributed by atoms with Gasteiger partial charge in [0.15, 0.2) is 11.9 Å². The van der Waals surface area contributed by atoms with Crippen LogP contribution in [0.1, 0.15) is 55.4 Å². The van der Waals surface area contributed by atoms with Crippen LogP contribution in [0.3, 0.4) is 0 Å². The minimum Gasteiger partial charge on any atom is -0.379 e. The molecule has 0 radical (unpaired) electrons. The normalized spacial score (nSPS) is 18.1. The van der Waals surface area contributed by atoms with Crippen molar-refractivity contribution >= 4 is 5.78 Å². The topological polar surface area (TPSA) is 174 Å². The number of carbonyl (C=O) groups excluding carboxylic acids is 1. The Morgan fingerprint density at radius 2 is 1.51 bits per heavy atom. The maximum absolute atomic E-state index is 12.3. The van der Waals surface area contributed by atoms with Crippen LogP contribution in [0.4, 0.5) is 0 Å². The largest absolute Gasteiger partial charge is 0.379 e. The van der Waals surface area contributed by atoms with Crippen molar-refractivity contribution in [2.45, 2.75) is 38.0 Å². The predicted molar refractivity (Wildman–Crippen MR) is 176 cm³/mol. The maximum atomic E-state index is 12.3. The van der Waals surface area contributed by atoms with Crippen molar-refractivity contribution in [3.63, 3.8) is 0 Å². The van der Waals surface area contributed by atoms with Crippen LogP contribution in [0.25, 0.3) is 0 Å². The zero-order valence-corrected chi connectivity index (χ0v) is 26.8. The highest BCUT2D eigenvalue weighted by atomic mass is 16.5. The van der Waals surface area contributed by atoms with Gasteiger partial charge in [0, 0.05) is 36.6 Å². The van der Waals surface area contributed by atoms with Crippen LogP contribution in [0.5, 0.6) is 0 Å². The SMILES string of the molecule is O=C1c2ccccc2CCc2cccnc21.OC1(c2nn[nH]n2)c2ccccc2CCc2cccnc21.c1nnn(CN2CCOCC2)n1. The Morgan fingerprint density at radius 3 is 2.31 bits per heavy atom. The van der Waals surface area contributed by atoms with E-state index in [0.29, 0.717) is 18.1 Å². The van der Waals surface area contributed by atoms with Crippen LogP contribution in [0.15, 0.2) is 91.5 Å². The predicted octanol–water partition coefficient (Wildman–Crippen LogP) is 2.35. The summed E-state index contributed by atoms with van der Waals surface area (Å²) in [5.74, 6) is 0.278. The van der Waals surface area contributed by atoms with Crippen LogP contribution in [0.2, 0.25) is 0 Å². The Hall–Kier alpha value is -5.57. The molecule has 2 aliphatic carbocycles. The molecule has 1 atom stereocenters. The number of aryl methyl sites for hydroxylation is 4. The lowest BCUT2D eigenvalue weighted by Crippen LogP contribution is -2.38. The third-order valence-electron chi connectivity index (χ3n) is 8.83. The van der Waals surface area contributed by atoms with Crippen LogP contribution in [0, 0.1) is 0 Å². The van der Waals surface area contributed by atoms with Gasteiger partial charge in [-0.2, -0.15) is 5.21 Å². The number of morpholine rings is 1. The standard InChI is InChI=1S/C15H13N5O.C14H11NO.C6H11N5O/c21-15(14-17-19-20-18-14)12-6-2-1-4-10(12)7-8-11-5-3-9-16-13(11)15;16-14-12-6-2-1-4-10(12)7-8-11-5-3-9-15-13(11)14;1-3-12-4-2-10(1)6-11-8-5-7-9-11/h1-6,9,21H,7-8H2,(H,17,18,19,20);1-6,9H,7-8H2;5H,1-4,6H2. The molecule has 248 valence electrons. The van der Waals surface area contributed by atoms with Crippen LogP contribution < -0.4 is 0 Å². The Labute approximate surface area is 282 Å². The first-order chi connectivity index (χ1) is 24.1. The number of fused-ring (bicyclic) bond motifs is 4. The summed E-state index contributed by atoms with van der Waals surface area (Å²) < 4.78 is 5.21. The van der Waals surface area contributed by atoms with E-state index in [1.54, 1.807) is 17.2 Å². The summed E-state index contributed by atoms with van der Waals surface area (Å²) in [6.07, 6.45) is 8.28. The number of hydrogen-bond acceptors (Lipinski definition) is 12. The number of nitrogens with one attached hydrogen (secondary N) is 1. The molecule has 6 aromatic rings. The molecule has 1 aliphatic heterocycles. The summed E-state index contributed by atoms with van der Waals surface area (Å²) in [5, 5.41) is 36.8. The second kappa shape index (κ2) is 14.7. The number of ether oxygens (including phenoxy) is 1. The minimum absolute atomic E-state index is 0.0590. The molecule has 14 nitrogen and oxygen atoms in total. The zero-order chi connectivity index (χ0) is 33.5. The van der Waals surface area contributed by atoms with E-state index in [2.05, 4.69) is 50.9 Å². The average molecular weight is 658 g/mol. The zero-order valence-electron chi connectivity index (χ0n) is 26.8. The summed E-state index contributed by atoms with van der Waals surface area (Å²) in [4.78, 5) is 24.7. The smallest absolute Gasteiger partial charge is 0.216 e. The van der Waals surface area contributed by atoms with Crippen molar-refractivity contribution in [1.82, 2.24) is 55.7 Å². The van der Waals surface area contributed by atoms with Crippen molar-refractivity contribution in [3.8, 4) is 0 Å². The Balaban J connectivity index is 0.000000121. The van der Waals surface area contributed by atoms with E-state index in [-0.39, 0.29) is 11.6 Å². The first kappa shape index (κ1) is 32.0. The van der Waals surface area contributed by atoms with E-state index in [1.807, 2.05) is 72.8 Å². The van der Waals surface area contributed by atoms with Gasteiger partial charge in [0.2, 0.25) is 11.6 Å². The molecule has 1 fully saturated rings. The third kappa shape index (κ3) is 6.88. The van der Waals surface area contributed by atoms with Crippen molar-refractivity contribution in [3.05, 3.63) is 142 Å². The van der Waals surface area contributed by atoms with Crippen molar-refractivity contribution in [2.24, 2.45) is 0 Å². The molecule has 0 amide bonds. The minimum atomic E-state index is -1.48. The number of hydrogen-bond donors (Lipinski definition) is 2. The third-order valence-corrected chi connectivity index (χ3v) is 8.83. The molecule has 14 heteroatoms. The molecule has 3 aliphatic rings. The molecule has 0 spiro atoms. The molecule has 2 aromatic carbocycles. The number of H-pyrrole nitrogens is 1. The molecule has 0 bridgehead atoms. The van der Waals surface area contributed by atoms with Gasteiger partial charge in [-0.3, -0.25) is 19.7 Å². The molecule has 0 saturated carbocycles. The summed E-state index contributed by atoms with van der Waals surface area (Å²) in [6.45, 7) is 4.20. The van der Waals surface area contributed by atoms with Crippen molar-refractivity contribution in [2.75, 3.05) is 26.3 Å². The Kier molecular flexibility index (Phi) is 9.59. The number of carbonyl (C=O) groups is 1. The quantitative estimate of drug-likeness (QED) is 0.285. The van der Waals surface area contributed by atoms with E-state index in [0.717, 1.165) is 85.4 Å². The molecule has 1 unspecified atom stereocenters. The van der Waals surface area contributed by atoms with Crippen LogP contribution >= 0.6 is 0 Å². The van der Waals surface area contributed by atoms with Gasteiger partial charge in [-0.25, -0.2) is 0 Å². The fourth-order valence-corrected chi connectivity index (χ4v) is 6.37. The lowest BCUT2D eigenvalue weighted by molar-refractivity contribution is 0.0184. The van der Waals surface area contributed by atoms with Gasteiger partial charge in [0.25, 0.3) is 0 Å². The van der Waals surface area contributed by atoms with E-state index in [9.17, 15) is 9.90 Å². The summed E-state index contributed by atoms with van der Waals surface area (Å²) >= 11 is 0. The number of nitrogens with zero attached hydrogens (tertiary/aromatic N) is 10. The van der Waals surface area contributed by atoms with Crippen LogP contribution in [-0.2, 0) is 42.7 Å². The molecule has 1 saturated heterocycles. The lowest BCUT2D eigenvalue weighted by Gasteiger charge is -2.26. The number of tetrazole rings is 2. The fraction of sp³-hybridized carbons (Fsp3) is 0.286. The number of benzene rings is 2. The van der Waals surface area contributed by atoms with E-state index >= 15 is 0 Å². The second-order valence-corrected chi connectivity index (χ2v) is 11.8. The monoisotopic (exact) mass is 657 g/mol. The van der Waals surface area contributed by atoms with Gasteiger partial charge >= 0.3 is 0 Å². The number of pyridine rings is 2. The van der Waals surface area contributed by atoms with Gasteiger partial charge in [0.05, 0.1) is 18.9 Å². The van der Waals surface area contributed by atoms with Crippen molar-refractivity contribution < 1.29 is 14.6 Å². The molecule has 4 aromatic heterocycles. The van der Waals surface area contributed by atoms with Crippen molar-refractivity contribution in [1.29, 1.82) is 0 Å². The summed E-state index contributed by atoms with van der Waals surface area (Å²) in [5.41, 5.74) is 5.56. The Bertz CT molecular complexity index is 1900. The molecular weight excluding hydrogens is 622 g/mol. The number of ketones is 1. The summed E-state index contributed by atoms with van der Waals surface area (Å²) in [6, 6.07) is 23.3. The lowest BCUT2D eigenvalue weighted by atomic mass is 9.86. The Morgan fingerprint density at radius 1 is 0.816 bits per heavy atom. The maximum Gasteiger partial charge on any atom is 0.216 e. The number of aliphatic hydroxyl groups is 1. The number of aromatic amines is 1. The highest BCUT2D eigenvalue weighted by Gasteiger charge is 2.43. The first-order valence-corrected chi connectivity index (χ1v) is 16.2. The number of aromatic nitrogens is 10. The van der Waals surface area contributed by atoms with E-state index in [1.165, 1.54) is 6.33 Å². The van der Waals surface area contributed by atoms with E-state index < -0.39 is 5.60 Å². The highest BCUT2D eigenvalue weighted by Crippen LogP contribution is 2.39. The van der Waals surface area contributed by atoms with Crippen LogP contribution in [-0.4, -0.2) is 92.9 Å². The van der Waals surface area contributed by atoms with Gasteiger partial charge in [-0.15, -0.1) is 25.2 Å². The first-order valence-electron chi connectivity index (χ1n) is 16.2. The molecule has 49 heavy (non-hydrogen) atoms. The molecular formula is C35H35N11O3. The van der Waals surface area contributed by atoms with E-state index in [4.69, 9.17) is 4.74 Å². The molecule has 2 N–H and O–H groups in total. The highest BCUT2D eigenvalue weighted by molar-refractivity contribution is 6.10. The summed E-state index contributed by atoms with van der Waals surface area (Å²) in [7, 11) is 0. The van der Waals surface area contributed by atoms with Gasteiger partial charge in [-0.05, 0) is 65.3 Å². The fourth-order valence-electron chi connectivity index (χ4n) is 6.37. The van der Waals surface area contributed by atoms with Gasteiger partial charge in [-0.1, -0.05) is 65.9 Å².